The number of carbonyl (C=O) groups is 4. The number of rotatable bonds is 13. The first-order valence-corrected chi connectivity index (χ1v) is 16.7. The van der Waals surface area contributed by atoms with Gasteiger partial charge in [0.15, 0.2) is 24.6 Å². The van der Waals surface area contributed by atoms with Crippen LogP contribution in [0.15, 0.2) is 131 Å². The molecule has 1 fully saturated rings. The SMILES string of the molecule is O=C(OCC1O[C@@H](OCC/C=C/I)C(OC(=O)c2ccccc2)[C@@H](OC(=O)c2ccccc2)[C@H]1OC(=O)c1ccccc1)c1ccccc1. The van der Waals surface area contributed by atoms with Crippen molar-refractivity contribution in [3.05, 3.63) is 154 Å². The minimum absolute atomic E-state index is 0.133. The molecular formula is C38H33IO10. The van der Waals surface area contributed by atoms with Crippen molar-refractivity contribution in [2.24, 2.45) is 0 Å². The summed E-state index contributed by atoms with van der Waals surface area (Å²) < 4.78 is 37.9. The van der Waals surface area contributed by atoms with Gasteiger partial charge >= 0.3 is 23.9 Å². The van der Waals surface area contributed by atoms with Crippen LogP contribution < -0.4 is 0 Å². The Hall–Kier alpha value is -4.85. The van der Waals surface area contributed by atoms with Gasteiger partial charge in [-0.3, -0.25) is 0 Å². The van der Waals surface area contributed by atoms with Crippen LogP contribution >= 0.6 is 22.6 Å². The molecule has 10 nitrogen and oxygen atoms in total. The van der Waals surface area contributed by atoms with Crippen molar-refractivity contribution >= 4 is 46.5 Å². The molecule has 1 aliphatic heterocycles. The molecule has 0 saturated carbocycles. The maximum absolute atomic E-state index is 13.6. The number of carbonyl (C=O) groups excluding carboxylic acids is 4. The molecular weight excluding hydrogens is 743 g/mol. The average molecular weight is 777 g/mol. The molecule has 4 aromatic rings. The third kappa shape index (κ3) is 9.84. The fraction of sp³-hybridized carbons (Fsp3) is 0.211. The fourth-order valence-corrected chi connectivity index (χ4v) is 5.34. The molecule has 11 heteroatoms. The predicted octanol–water partition coefficient (Wildman–Crippen LogP) is 6.60. The van der Waals surface area contributed by atoms with Crippen LogP contribution in [0, 0.1) is 0 Å². The molecule has 0 aliphatic carbocycles. The molecule has 0 aromatic heterocycles. The lowest BCUT2D eigenvalue weighted by Gasteiger charge is -2.44. The highest BCUT2D eigenvalue weighted by atomic mass is 127. The highest BCUT2D eigenvalue weighted by molar-refractivity contribution is 14.1. The normalized spacial score (nSPS) is 20.2. The lowest BCUT2D eigenvalue weighted by molar-refractivity contribution is -0.298. The summed E-state index contributed by atoms with van der Waals surface area (Å²) in [5.74, 6) is -2.95. The van der Waals surface area contributed by atoms with E-state index in [1.165, 1.54) is 0 Å². The van der Waals surface area contributed by atoms with E-state index in [2.05, 4.69) is 22.6 Å². The molecule has 49 heavy (non-hydrogen) atoms. The first-order valence-electron chi connectivity index (χ1n) is 15.5. The third-order valence-corrected chi connectivity index (χ3v) is 7.90. The maximum Gasteiger partial charge on any atom is 0.338 e. The summed E-state index contributed by atoms with van der Waals surface area (Å²) in [6.07, 6.45) is -4.50. The lowest BCUT2D eigenvalue weighted by Crippen LogP contribution is -2.63. The first kappa shape index (κ1) is 35.5. The summed E-state index contributed by atoms with van der Waals surface area (Å²) in [6.45, 7) is -0.291. The Morgan fingerprint density at radius 2 is 0.980 bits per heavy atom. The van der Waals surface area contributed by atoms with Gasteiger partial charge in [-0.1, -0.05) is 101 Å². The van der Waals surface area contributed by atoms with Gasteiger partial charge in [-0.2, -0.15) is 0 Å². The highest BCUT2D eigenvalue weighted by Crippen LogP contribution is 2.32. The zero-order valence-corrected chi connectivity index (χ0v) is 28.3. The van der Waals surface area contributed by atoms with E-state index < -0.39 is 61.2 Å². The minimum atomic E-state index is -1.47. The number of benzene rings is 4. The van der Waals surface area contributed by atoms with Gasteiger partial charge < -0.3 is 28.4 Å². The van der Waals surface area contributed by atoms with Gasteiger partial charge in [0.05, 0.1) is 28.9 Å². The maximum atomic E-state index is 13.6. The van der Waals surface area contributed by atoms with E-state index in [1.54, 1.807) is 121 Å². The van der Waals surface area contributed by atoms with Crippen LogP contribution in [0.2, 0.25) is 0 Å². The van der Waals surface area contributed by atoms with Crippen molar-refractivity contribution in [2.45, 2.75) is 37.1 Å². The van der Waals surface area contributed by atoms with Crippen molar-refractivity contribution in [1.82, 2.24) is 0 Å². The Labute approximate surface area is 297 Å². The number of halogens is 1. The second-order valence-corrected chi connectivity index (χ2v) is 11.5. The Morgan fingerprint density at radius 3 is 1.43 bits per heavy atom. The molecule has 0 spiro atoms. The predicted molar refractivity (Wildman–Crippen MR) is 186 cm³/mol. The van der Waals surface area contributed by atoms with Gasteiger partial charge in [-0.05, 0) is 59.0 Å². The molecule has 1 aliphatic rings. The molecule has 4 aromatic carbocycles. The van der Waals surface area contributed by atoms with Crippen LogP contribution in [0.1, 0.15) is 47.9 Å². The molecule has 0 bridgehead atoms. The molecule has 0 amide bonds. The Morgan fingerprint density at radius 1 is 0.571 bits per heavy atom. The number of ether oxygens (including phenoxy) is 6. The summed E-state index contributed by atoms with van der Waals surface area (Å²) >= 11 is 2.08. The molecule has 2 unspecified atom stereocenters. The first-order chi connectivity index (χ1) is 23.9. The molecule has 5 rings (SSSR count). The fourth-order valence-electron chi connectivity index (χ4n) is 4.98. The molecule has 0 N–H and O–H groups in total. The second kappa shape index (κ2) is 18.1. The van der Waals surface area contributed by atoms with Gasteiger partial charge in [-0.25, -0.2) is 19.2 Å². The van der Waals surface area contributed by atoms with Crippen molar-refractivity contribution < 1.29 is 47.6 Å². The summed E-state index contributed by atoms with van der Waals surface area (Å²) in [7, 11) is 0. The molecule has 1 saturated heterocycles. The van der Waals surface area contributed by atoms with E-state index in [-0.39, 0.29) is 28.9 Å². The van der Waals surface area contributed by atoms with E-state index in [1.807, 2.05) is 10.2 Å². The van der Waals surface area contributed by atoms with Gasteiger partial charge in [0.25, 0.3) is 0 Å². The average Bonchev–Trinajstić information content (AvgIpc) is 3.15. The van der Waals surface area contributed by atoms with Gasteiger partial charge in [-0.15, -0.1) is 0 Å². The highest BCUT2D eigenvalue weighted by Gasteiger charge is 2.53. The molecule has 252 valence electrons. The molecule has 0 radical (unpaired) electrons. The van der Waals surface area contributed by atoms with Crippen LogP contribution in [-0.2, 0) is 28.4 Å². The quantitative estimate of drug-likeness (QED) is 0.0635. The zero-order valence-electron chi connectivity index (χ0n) is 26.2. The summed E-state index contributed by atoms with van der Waals surface area (Å²) in [6, 6.07) is 32.9. The van der Waals surface area contributed by atoms with Crippen molar-refractivity contribution in [3.63, 3.8) is 0 Å². The van der Waals surface area contributed by atoms with E-state index in [0.29, 0.717) is 6.42 Å². The van der Waals surface area contributed by atoms with Crippen LogP contribution in [0.3, 0.4) is 0 Å². The van der Waals surface area contributed by atoms with Crippen LogP contribution in [0.4, 0.5) is 0 Å². The Kier molecular flexibility index (Phi) is 13.1. The zero-order chi connectivity index (χ0) is 34.4. The lowest BCUT2D eigenvalue weighted by atomic mass is 9.97. The van der Waals surface area contributed by atoms with Gasteiger partial charge in [0.2, 0.25) is 0 Å². The standard InChI is InChI=1S/C38H33IO10/c39-23-13-14-24-44-38-33(49-37(43)29-21-11-4-12-22-29)32(48-36(42)28-19-9-3-10-20-28)31(47-35(41)27-17-7-2-8-18-27)30(46-38)25-45-34(40)26-15-5-1-6-16-26/h1-13,15-23,30-33,38H,14,24-25H2/b23-13+/t30?,31-,32-,33?,38+/m0/s1. The van der Waals surface area contributed by atoms with E-state index >= 15 is 0 Å². The van der Waals surface area contributed by atoms with Crippen LogP contribution in [0.5, 0.6) is 0 Å². The summed E-state index contributed by atoms with van der Waals surface area (Å²) in [4.78, 5) is 53.6. The van der Waals surface area contributed by atoms with E-state index in [4.69, 9.17) is 28.4 Å². The number of hydrogen-bond acceptors (Lipinski definition) is 10. The van der Waals surface area contributed by atoms with Crippen molar-refractivity contribution in [1.29, 1.82) is 0 Å². The largest absolute Gasteiger partial charge is 0.459 e. The Bertz CT molecular complexity index is 1700. The van der Waals surface area contributed by atoms with Crippen LogP contribution in [0.25, 0.3) is 0 Å². The topological polar surface area (TPSA) is 124 Å². The van der Waals surface area contributed by atoms with E-state index in [9.17, 15) is 19.2 Å². The second-order valence-electron chi connectivity index (χ2n) is 10.7. The number of esters is 4. The minimum Gasteiger partial charge on any atom is -0.459 e. The molecule has 5 atom stereocenters. The van der Waals surface area contributed by atoms with Gasteiger partial charge in [0, 0.05) is 0 Å². The summed E-state index contributed by atoms with van der Waals surface area (Å²) in [5, 5.41) is 0. The van der Waals surface area contributed by atoms with Crippen LogP contribution in [-0.4, -0.2) is 67.8 Å². The van der Waals surface area contributed by atoms with E-state index in [0.717, 1.165) is 0 Å². The molecule has 1 heterocycles. The van der Waals surface area contributed by atoms with Gasteiger partial charge in [0.1, 0.15) is 12.7 Å². The Balaban J connectivity index is 1.53. The summed E-state index contributed by atoms with van der Waals surface area (Å²) in [5.41, 5.74) is 0.916. The van der Waals surface area contributed by atoms with Crippen molar-refractivity contribution in [2.75, 3.05) is 13.2 Å². The van der Waals surface area contributed by atoms with Crippen molar-refractivity contribution in [3.8, 4) is 0 Å². The smallest absolute Gasteiger partial charge is 0.338 e. The third-order valence-electron chi connectivity index (χ3n) is 7.39. The number of hydrogen-bond donors (Lipinski definition) is 0. The monoisotopic (exact) mass is 776 g/mol.